The first-order valence-corrected chi connectivity index (χ1v) is 5.42. The number of ether oxygens (including phenoxy) is 1. The molecule has 0 aliphatic heterocycles. The molecule has 0 amide bonds. The third kappa shape index (κ3) is 2.91. The second-order valence-electron chi connectivity index (χ2n) is 3.75. The number of carbonyl (C=O) groups excluding carboxylic acids is 1. The van der Waals surface area contributed by atoms with Crippen molar-refractivity contribution in [2.24, 2.45) is 0 Å². The first kappa shape index (κ1) is 13.4. The van der Waals surface area contributed by atoms with Gasteiger partial charge in [-0.05, 0) is 20.8 Å². The third-order valence-electron chi connectivity index (χ3n) is 2.39. The molecule has 0 saturated carbocycles. The molecule has 94 valence electrons. The summed E-state index contributed by atoms with van der Waals surface area (Å²) >= 11 is 0. The minimum atomic E-state index is -0.576. The van der Waals surface area contributed by atoms with Gasteiger partial charge in [-0.25, -0.2) is 4.79 Å². The van der Waals surface area contributed by atoms with E-state index in [1.165, 1.54) is 6.92 Å². The molecule has 0 aromatic carbocycles. The van der Waals surface area contributed by atoms with E-state index in [1.807, 2.05) is 6.92 Å². The van der Waals surface area contributed by atoms with E-state index in [1.54, 1.807) is 6.92 Å². The van der Waals surface area contributed by atoms with Gasteiger partial charge in [0, 0.05) is 12.8 Å². The van der Waals surface area contributed by atoms with Crippen molar-refractivity contribution >= 4 is 5.78 Å². The van der Waals surface area contributed by atoms with Crippen LogP contribution in [0.2, 0.25) is 0 Å². The van der Waals surface area contributed by atoms with Gasteiger partial charge in [0.2, 0.25) is 0 Å². The Balaban J connectivity index is 3.23. The highest BCUT2D eigenvalue weighted by Gasteiger charge is 2.15. The smallest absolute Gasteiger partial charge is 0.328 e. The Morgan fingerprint density at radius 2 is 2.18 bits per heavy atom. The summed E-state index contributed by atoms with van der Waals surface area (Å²) in [5, 5.41) is 0. The number of hydrogen-bond acceptors (Lipinski definition) is 4. The third-order valence-corrected chi connectivity index (χ3v) is 2.39. The number of hydrogen-bond donors (Lipinski definition) is 1. The summed E-state index contributed by atoms with van der Waals surface area (Å²) in [6.45, 7) is 5.55. The fourth-order valence-electron chi connectivity index (χ4n) is 1.50. The van der Waals surface area contributed by atoms with Gasteiger partial charge in [-0.15, -0.1) is 0 Å². The molecular formula is C11H16N2O4. The quantitative estimate of drug-likeness (QED) is 0.752. The van der Waals surface area contributed by atoms with E-state index < -0.39 is 17.3 Å². The molecule has 1 atom stereocenters. The van der Waals surface area contributed by atoms with Gasteiger partial charge < -0.3 is 9.72 Å². The summed E-state index contributed by atoms with van der Waals surface area (Å²) in [5.74, 6) is -0.372. The van der Waals surface area contributed by atoms with E-state index in [-0.39, 0.29) is 18.0 Å². The highest BCUT2D eigenvalue weighted by molar-refractivity contribution is 5.93. The Kier molecular flexibility index (Phi) is 4.39. The van der Waals surface area contributed by atoms with Crippen LogP contribution in [-0.2, 0) is 4.74 Å². The average molecular weight is 240 g/mol. The summed E-state index contributed by atoms with van der Waals surface area (Å²) in [6.07, 6.45) is 1.15. The highest BCUT2D eigenvalue weighted by atomic mass is 16.5. The molecule has 6 heteroatoms. The molecule has 1 aromatic rings. The molecule has 0 aliphatic carbocycles. The normalized spacial score (nSPS) is 12.4. The fraction of sp³-hybridized carbons (Fsp3) is 0.545. The molecule has 1 aromatic heterocycles. The lowest BCUT2D eigenvalue weighted by atomic mass is 10.2. The molecule has 1 rings (SSSR count). The predicted molar refractivity (Wildman–Crippen MR) is 62.5 cm³/mol. The minimum absolute atomic E-state index is 0.0204. The molecule has 6 nitrogen and oxygen atoms in total. The van der Waals surface area contributed by atoms with Crippen LogP contribution >= 0.6 is 0 Å². The predicted octanol–water partition coefficient (Wildman–Crippen LogP) is 0.337. The van der Waals surface area contributed by atoms with Crippen molar-refractivity contribution in [3.05, 3.63) is 32.6 Å². The number of aromatic amines is 1. The molecule has 1 N–H and O–H groups in total. The SMILES string of the molecule is CCOCC(C)n1c(=O)[nH]cc(C(C)=O)c1=O. The van der Waals surface area contributed by atoms with Crippen LogP contribution in [0.3, 0.4) is 0 Å². The summed E-state index contributed by atoms with van der Waals surface area (Å²) in [4.78, 5) is 37.0. The number of nitrogens with one attached hydrogen (secondary N) is 1. The van der Waals surface area contributed by atoms with Crippen LogP contribution < -0.4 is 11.2 Å². The van der Waals surface area contributed by atoms with E-state index >= 15 is 0 Å². The van der Waals surface area contributed by atoms with Gasteiger partial charge in [0.05, 0.1) is 18.2 Å². The standard InChI is InChI=1S/C11H16N2O4/c1-4-17-6-7(2)13-10(15)9(8(3)14)5-12-11(13)16/h5,7H,4,6H2,1-3H3,(H,12,16). The maximum Gasteiger partial charge on any atom is 0.328 e. The van der Waals surface area contributed by atoms with Gasteiger partial charge in [0.15, 0.2) is 5.78 Å². The van der Waals surface area contributed by atoms with E-state index in [0.717, 1.165) is 10.8 Å². The lowest BCUT2D eigenvalue weighted by Gasteiger charge is -2.13. The summed E-state index contributed by atoms with van der Waals surface area (Å²) in [6, 6.07) is -0.412. The van der Waals surface area contributed by atoms with Crippen molar-refractivity contribution in [2.45, 2.75) is 26.8 Å². The summed E-state index contributed by atoms with van der Waals surface area (Å²) in [5.41, 5.74) is -1.13. The maximum atomic E-state index is 11.9. The van der Waals surface area contributed by atoms with Crippen LogP contribution in [0.15, 0.2) is 15.8 Å². The number of Topliss-reactive ketones (excluding diaryl/α,β-unsaturated/α-hetero) is 1. The zero-order valence-corrected chi connectivity index (χ0v) is 10.1. The molecule has 0 saturated heterocycles. The van der Waals surface area contributed by atoms with Crippen LogP contribution in [0.5, 0.6) is 0 Å². The lowest BCUT2D eigenvalue weighted by molar-refractivity contribution is 0.101. The number of ketones is 1. The van der Waals surface area contributed by atoms with Crippen LogP contribution in [0, 0.1) is 0 Å². The van der Waals surface area contributed by atoms with E-state index in [2.05, 4.69) is 4.98 Å². The van der Waals surface area contributed by atoms with Gasteiger partial charge in [-0.1, -0.05) is 0 Å². The van der Waals surface area contributed by atoms with Gasteiger partial charge >= 0.3 is 5.69 Å². The Morgan fingerprint density at radius 1 is 1.53 bits per heavy atom. The largest absolute Gasteiger partial charge is 0.380 e. The van der Waals surface area contributed by atoms with Gasteiger partial charge in [-0.2, -0.15) is 0 Å². The first-order chi connectivity index (χ1) is 7.99. The Bertz CT molecular complexity index is 515. The molecule has 0 bridgehead atoms. The zero-order chi connectivity index (χ0) is 13.0. The van der Waals surface area contributed by atoms with Gasteiger partial charge in [0.1, 0.15) is 0 Å². The van der Waals surface area contributed by atoms with Gasteiger partial charge in [0.25, 0.3) is 5.56 Å². The number of H-pyrrole nitrogens is 1. The first-order valence-electron chi connectivity index (χ1n) is 5.42. The number of rotatable bonds is 5. The van der Waals surface area contributed by atoms with Crippen molar-refractivity contribution < 1.29 is 9.53 Å². The molecular weight excluding hydrogens is 224 g/mol. The molecule has 1 heterocycles. The van der Waals surface area contributed by atoms with Crippen molar-refractivity contribution in [3.63, 3.8) is 0 Å². The van der Waals surface area contributed by atoms with Crippen LogP contribution in [0.1, 0.15) is 37.2 Å². The van der Waals surface area contributed by atoms with Gasteiger partial charge in [-0.3, -0.25) is 14.2 Å². The van der Waals surface area contributed by atoms with E-state index in [4.69, 9.17) is 4.74 Å². The van der Waals surface area contributed by atoms with Crippen molar-refractivity contribution in [1.29, 1.82) is 0 Å². The molecule has 0 aliphatic rings. The molecule has 0 fully saturated rings. The second-order valence-corrected chi connectivity index (χ2v) is 3.75. The Morgan fingerprint density at radius 3 is 2.71 bits per heavy atom. The molecule has 17 heavy (non-hydrogen) atoms. The highest BCUT2D eigenvalue weighted by Crippen LogP contribution is 2.00. The number of aromatic nitrogens is 2. The van der Waals surface area contributed by atoms with Crippen molar-refractivity contribution in [2.75, 3.05) is 13.2 Å². The maximum absolute atomic E-state index is 11.9. The topological polar surface area (TPSA) is 81.2 Å². The Labute approximate surface area is 98.2 Å². The Hall–Kier alpha value is -1.69. The van der Waals surface area contributed by atoms with Crippen LogP contribution in [0.25, 0.3) is 0 Å². The number of nitrogens with zero attached hydrogens (tertiary/aromatic N) is 1. The summed E-state index contributed by atoms with van der Waals surface area (Å²) in [7, 11) is 0. The van der Waals surface area contributed by atoms with E-state index in [9.17, 15) is 14.4 Å². The molecule has 1 unspecified atom stereocenters. The minimum Gasteiger partial charge on any atom is -0.380 e. The van der Waals surface area contributed by atoms with Crippen molar-refractivity contribution in [1.82, 2.24) is 9.55 Å². The van der Waals surface area contributed by atoms with Crippen LogP contribution in [0.4, 0.5) is 0 Å². The summed E-state index contributed by atoms with van der Waals surface area (Å²) < 4.78 is 6.17. The lowest BCUT2D eigenvalue weighted by Crippen LogP contribution is -2.40. The molecule has 0 spiro atoms. The fourth-order valence-corrected chi connectivity index (χ4v) is 1.50. The van der Waals surface area contributed by atoms with Crippen molar-refractivity contribution in [3.8, 4) is 0 Å². The monoisotopic (exact) mass is 240 g/mol. The average Bonchev–Trinajstić information content (AvgIpc) is 2.25. The number of carbonyl (C=O) groups is 1. The van der Waals surface area contributed by atoms with Crippen LogP contribution in [-0.4, -0.2) is 28.5 Å². The molecule has 0 radical (unpaired) electrons. The zero-order valence-electron chi connectivity index (χ0n) is 10.1. The van der Waals surface area contributed by atoms with E-state index in [0.29, 0.717) is 6.61 Å². The second kappa shape index (κ2) is 5.58.